The molecule has 150 valence electrons. The first-order valence-electron chi connectivity index (χ1n) is 9.86. The Kier molecular flexibility index (Phi) is 5.78. The first-order chi connectivity index (χ1) is 13.2. The van der Waals surface area contributed by atoms with E-state index >= 15 is 4.39 Å². The Hall–Kier alpha value is -2.36. The Morgan fingerprint density at radius 2 is 1.75 bits per heavy atom. The van der Waals surface area contributed by atoms with Crippen LogP contribution in [0.15, 0.2) is 54.6 Å². The molecule has 3 nitrogen and oxygen atoms in total. The zero-order chi connectivity index (χ0) is 20.4. The van der Waals surface area contributed by atoms with Gasteiger partial charge in [-0.2, -0.15) is 0 Å². The quantitative estimate of drug-likeness (QED) is 0.564. The fourth-order valence-corrected chi connectivity index (χ4v) is 3.50. The predicted molar refractivity (Wildman–Crippen MR) is 108 cm³/mol. The summed E-state index contributed by atoms with van der Waals surface area (Å²) in [6, 6.07) is 17.3. The van der Waals surface area contributed by atoms with E-state index in [-0.39, 0.29) is 5.92 Å². The zero-order valence-electron chi connectivity index (χ0n) is 17.1. The maximum Gasteiger partial charge on any atom is 0.344 e. The number of alkyl halides is 1. The Balaban J connectivity index is 1.79. The highest BCUT2D eigenvalue weighted by Crippen LogP contribution is 2.50. The van der Waals surface area contributed by atoms with Crippen LogP contribution >= 0.6 is 0 Å². The Morgan fingerprint density at radius 1 is 1.07 bits per heavy atom. The number of ether oxygens (including phenoxy) is 2. The number of hydrogen-bond donors (Lipinski definition) is 0. The third-order valence-corrected chi connectivity index (χ3v) is 4.94. The lowest BCUT2D eigenvalue weighted by Gasteiger charge is -2.32. The van der Waals surface area contributed by atoms with E-state index < -0.39 is 23.2 Å². The van der Waals surface area contributed by atoms with Gasteiger partial charge in [0.05, 0.1) is 0 Å². The number of carbonyl (C=O) groups is 1. The summed E-state index contributed by atoms with van der Waals surface area (Å²) in [5.41, 5.74) is -0.967. The van der Waals surface area contributed by atoms with Gasteiger partial charge in [-0.15, -0.1) is 0 Å². The van der Waals surface area contributed by atoms with E-state index in [2.05, 4.69) is 0 Å². The molecule has 0 unspecified atom stereocenters. The standard InChI is InChI=1S/C24H29FO3/c1-23(2,3)28-22(26)24(4,25)21(18-13-14-18)19-11-8-12-20(15-19)27-16-17-9-6-5-7-10-17/h5-12,15,18,21H,13-14,16H2,1-4H3/t21-,24+/m0/s1. The third kappa shape index (κ3) is 5.12. The third-order valence-electron chi connectivity index (χ3n) is 4.94. The average Bonchev–Trinajstić information content (AvgIpc) is 3.44. The molecule has 0 aromatic heterocycles. The SMILES string of the molecule is CC(C)(C)OC(=O)[C@](C)(F)[C@H](c1cccc(OCc2ccccc2)c1)C1CC1. The van der Waals surface area contributed by atoms with E-state index in [1.165, 1.54) is 6.92 Å². The minimum atomic E-state index is -2.09. The molecule has 2 atom stereocenters. The number of carbonyl (C=O) groups excluding carboxylic acids is 1. The second-order valence-electron chi connectivity index (χ2n) is 8.74. The maximum atomic E-state index is 15.7. The summed E-state index contributed by atoms with van der Waals surface area (Å²) >= 11 is 0. The van der Waals surface area contributed by atoms with Gasteiger partial charge in [-0.1, -0.05) is 42.5 Å². The first-order valence-corrected chi connectivity index (χ1v) is 9.86. The molecular weight excluding hydrogens is 355 g/mol. The lowest BCUT2D eigenvalue weighted by atomic mass is 9.80. The van der Waals surface area contributed by atoms with Crippen LogP contribution in [0.2, 0.25) is 0 Å². The van der Waals surface area contributed by atoms with Gasteiger partial charge in [0.15, 0.2) is 0 Å². The van der Waals surface area contributed by atoms with E-state index in [1.54, 1.807) is 20.8 Å². The second-order valence-corrected chi connectivity index (χ2v) is 8.74. The number of rotatable bonds is 7. The molecule has 0 bridgehead atoms. The van der Waals surface area contributed by atoms with Crippen LogP contribution in [0.3, 0.4) is 0 Å². The molecular formula is C24H29FO3. The maximum absolute atomic E-state index is 15.7. The topological polar surface area (TPSA) is 35.5 Å². The van der Waals surface area contributed by atoms with Crippen LogP contribution < -0.4 is 4.74 Å². The van der Waals surface area contributed by atoms with E-state index in [9.17, 15) is 4.79 Å². The summed E-state index contributed by atoms with van der Waals surface area (Å²) in [7, 11) is 0. The minimum Gasteiger partial charge on any atom is -0.489 e. The van der Waals surface area contributed by atoms with Gasteiger partial charge in [0.25, 0.3) is 0 Å². The first kappa shape index (κ1) is 20.4. The van der Waals surface area contributed by atoms with E-state index in [4.69, 9.17) is 9.47 Å². The summed E-state index contributed by atoms with van der Waals surface area (Å²) in [6.07, 6.45) is 1.84. The van der Waals surface area contributed by atoms with Crippen molar-refractivity contribution < 1.29 is 18.7 Å². The molecule has 0 aliphatic heterocycles. The Morgan fingerprint density at radius 3 is 2.36 bits per heavy atom. The number of hydrogen-bond acceptors (Lipinski definition) is 3. The van der Waals surface area contributed by atoms with Crippen molar-refractivity contribution in [1.29, 1.82) is 0 Å². The average molecular weight is 384 g/mol. The molecule has 0 radical (unpaired) electrons. The number of esters is 1. The smallest absolute Gasteiger partial charge is 0.344 e. The summed E-state index contributed by atoms with van der Waals surface area (Å²) in [5, 5.41) is 0. The molecule has 3 rings (SSSR count). The van der Waals surface area contributed by atoms with Gasteiger partial charge < -0.3 is 9.47 Å². The lowest BCUT2D eigenvalue weighted by molar-refractivity contribution is -0.170. The molecule has 1 aliphatic carbocycles. The van der Waals surface area contributed by atoms with Gasteiger partial charge in [0.2, 0.25) is 5.67 Å². The number of benzene rings is 2. The molecule has 1 fully saturated rings. The fourth-order valence-electron chi connectivity index (χ4n) is 3.50. The summed E-state index contributed by atoms with van der Waals surface area (Å²) in [6.45, 7) is 7.06. The van der Waals surface area contributed by atoms with Gasteiger partial charge in [-0.3, -0.25) is 0 Å². The van der Waals surface area contributed by atoms with E-state index in [0.717, 1.165) is 24.0 Å². The number of halogens is 1. The van der Waals surface area contributed by atoms with Crippen molar-refractivity contribution in [2.75, 3.05) is 0 Å². The lowest BCUT2D eigenvalue weighted by Crippen LogP contribution is -2.43. The molecule has 0 spiro atoms. The van der Waals surface area contributed by atoms with Crippen LogP contribution in [0, 0.1) is 5.92 Å². The Labute approximate surface area is 166 Å². The van der Waals surface area contributed by atoms with Crippen LogP contribution in [0.1, 0.15) is 57.6 Å². The highest BCUT2D eigenvalue weighted by atomic mass is 19.1. The van der Waals surface area contributed by atoms with Crippen LogP contribution in [0.5, 0.6) is 5.75 Å². The van der Waals surface area contributed by atoms with Crippen molar-refractivity contribution in [2.45, 2.75) is 64.3 Å². The van der Waals surface area contributed by atoms with Crippen molar-refractivity contribution in [3.63, 3.8) is 0 Å². The van der Waals surface area contributed by atoms with Crippen molar-refractivity contribution in [3.05, 3.63) is 65.7 Å². The van der Waals surface area contributed by atoms with Crippen LogP contribution in [-0.2, 0) is 16.1 Å². The molecule has 0 saturated heterocycles. The highest BCUT2D eigenvalue weighted by molar-refractivity contribution is 5.81. The van der Waals surface area contributed by atoms with Crippen LogP contribution in [0.4, 0.5) is 4.39 Å². The van der Waals surface area contributed by atoms with Crippen LogP contribution in [0.25, 0.3) is 0 Å². The molecule has 1 saturated carbocycles. The molecule has 0 heterocycles. The van der Waals surface area contributed by atoms with Crippen molar-refractivity contribution in [2.24, 2.45) is 5.92 Å². The van der Waals surface area contributed by atoms with Gasteiger partial charge in [0, 0.05) is 5.92 Å². The van der Waals surface area contributed by atoms with Gasteiger partial charge in [-0.25, -0.2) is 9.18 Å². The predicted octanol–water partition coefficient (Wildman–Crippen LogP) is 5.83. The summed E-state index contributed by atoms with van der Waals surface area (Å²) in [4.78, 5) is 12.6. The molecule has 2 aromatic carbocycles. The zero-order valence-corrected chi connectivity index (χ0v) is 17.1. The minimum absolute atomic E-state index is 0.145. The van der Waals surface area contributed by atoms with Gasteiger partial charge in [-0.05, 0) is 69.7 Å². The molecule has 0 N–H and O–H groups in total. The monoisotopic (exact) mass is 384 g/mol. The van der Waals surface area contributed by atoms with Gasteiger partial charge >= 0.3 is 5.97 Å². The Bertz CT molecular complexity index is 804. The van der Waals surface area contributed by atoms with Crippen molar-refractivity contribution in [3.8, 4) is 5.75 Å². The van der Waals surface area contributed by atoms with Gasteiger partial charge in [0.1, 0.15) is 18.0 Å². The largest absolute Gasteiger partial charge is 0.489 e. The van der Waals surface area contributed by atoms with E-state index in [0.29, 0.717) is 12.4 Å². The van der Waals surface area contributed by atoms with Crippen molar-refractivity contribution in [1.82, 2.24) is 0 Å². The second kappa shape index (κ2) is 7.94. The van der Waals surface area contributed by atoms with Crippen molar-refractivity contribution >= 4 is 5.97 Å². The normalized spacial score (nSPS) is 17.5. The summed E-state index contributed by atoms with van der Waals surface area (Å²) < 4.78 is 27.0. The highest BCUT2D eigenvalue weighted by Gasteiger charge is 2.51. The molecule has 1 aliphatic rings. The van der Waals surface area contributed by atoms with E-state index in [1.807, 2.05) is 54.6 Å². The molecule has 28 heavy (non-hydrogen) atoms. The summed E-state index contributed by atoms with van der Waals surface area (Å²) in [5.74, 6) is -0.519. The molecule has 2 aromatic rings. The fraction of sp³-hybridized carbons (Fsp3) is 0.458. The molecule has 4 heteroatoms. The van der Waals surface area contributed by atoms with Crippen LogP contribution in [-0.4, -0.2) is 17.2 Å². The molecule has 0 amide bonds.